The molecule has 1 aliphatic heterocycles. The molecule has 0 saturated carbocycles. The first-order valence-corrected chi connectivity index (χ1v) is 6.76. The van der Waals surface area contributed by atoms with Gasteiger partial charge in [-0.3, -0.25) is 4.79 Å². The molecular formula is C13H17BrN2O. The van der Waals surface area contributed by atoms with E-state index in [9.17, 15) is 4.79 Å². The van der Waals surface area contributed by atoms with Gasteiger partial charge in [0.25, 0.3) is 0 Å². The fourth-order valence-corrected chi connectivity index (χ4v) is 2.60. The van der Waals surface area contributed by atoms with Crippen molar-refractivity contribution < 1.29 is 4.79 Å². The van der Waals surface area contributed by atoms with E-state index in [-0.39, 0.29) is 11.9 Å². The van der Waals surface area contributed by atoms with Crippen LogP contribution in [0.2, 0.25) is 0 Å². The third-order valence-corrected chi connectivity index (χ3v) is 3.57. The number of carbonyl (C=O) groups is 1. The van der Waals surface area contributed by atoms with Gasteiger partial charge in [-0.25, -0.2) is 0 Å². The van der Waals surface area contributed by atoms with Crippen LogP contribution in [-0.2, 0) is 4.79 Å². The van der Waals surface area contributed by atoms with Gasteiger partial charge < -0.3 is 10.6 Å². The molecule has 0 spiro atoms. The number of halogens is 1. The van der Waals surface area contributed by atoms with Crippen molar-refractivity contribution >= 4 is 21.8 Å². The first-order valence-electron chi connectivity index (χ1n) is 5.97. The number of hydrogen-bond donors (Lipinski definition) is 2. The first kappa shape index (κ1) is 12.6. The molecule has 92 valence electrons. The van der Waals surface area contributed by atoms with Crippen molar-refractivity contribution in [1.82, 2.24) is 10.6 Å². The van der Waals surface area contributed by atoms with Crippen LogP contribution in [0.15, 0.2) is 28.7 Å². The van der Waals surface area contributed by atoms with Crippen molar-refractivity contribution in [1.29, 1.82) is 0 Å². The van der Waals surface area contributed by atoms with Gasteiger partial charge in [-0.15, -0.1) is 0 Å². The SMILES string of the molecule is CCC(NC1CNC(=O)C1)c1cccc(Br)c1. The van der Waals surface area contributed by atoms with Gasteiger partial charge in [0.05, 0.1) is 0 Å². The second kappa shape index (κ2) is 5.65. The molecule has 0 radical (unpaired) electrons. The molecule has 2 atom stereocenters. The predicted octanol–water partition coefficient (Wildman–Crippen LogP) is 2.38. The average Bonchev–Trinajstić information content (AvgIpc) is 2.72. The second-order valence-corrected chi connectivity index (χ2v) is 5.30. The van der Waals surface area contributed by atoms with Crippen LogP contribution in [0.25, 0.3) is 0 Å². The van der Waals surface area contributed by atoms with Crippen LogP contribution in [0.4, 0.5) is 0 Å². The standard InChI is InChI=1S/C13H17BrN2O/c1-2-12(9-4-3-5-10(14)6-9)16-11-7-13(17)15-8-11/h3-6,11-12,16H,2,7-8H2,1H3,(H,15,17). The lowest BCUT2D eigenvalue weighted by Crippen LogP contribution is -2.34. The molecule has 0 bridgehead atoms. The number of nitrogens with one attached hydrogen (secondary N) is 2. The maximum Gasteiger partial charge on any atom is 0.221 e. The minimum Gasteiger partial charge on any atom is -0.354 e. The van der Waals surface area contributed by atoms with Gasteiger partial charge >= 0.3 is 0 Å². The Morgan fingerprint density at radius 1 is 1.59 bits per heavy atom. The van der Waals surface area contributed by atoms with E-state index in [0.29, 0.717) is 12.5 Å². The van der Waals surface area contributed by atoms with Crippen LogP contribution in [-0.4, -0.2) is 18.5 Å². The molecule has 17 heavy (non-hydrogen) atoms. The van der Waals surface area contributed by atoms with E-state index in [0.717, 1.165) is 17.4 Å². The molecule has 1 aromatic rings. The molecule has 0 aliphatic carbocycles. The summed E-state index contributed by atoms with van der Waals surface area (Å²) in [5.74, 6) is 0.145. The minimum atomic E-state index is 0.145. The molecule has 0 aromatic heterocycles. The molecule has 1 amide bonds. The Kier molecular flexibility index (Phi) is 4.18. The second-order valence-electron chi connectivity index (χ2n) is 4.39. The number of amides is 1. The van der Waals surface area contributed by atoms with Crippen LogP contribution in [0.3, 0.4) is 0 Å². The van der Waals surface area contributed by atoms with Crippen LogP contribution >= 0.6 is 15.9 Å². The van der Waals surface area contributed by atoms with E-state index in [1.165, 1.54) is 5.56 Å². The summed E-state index contributed by atoms with van der Waals surface area (Å²) in [4.78, 5) is 11.2. The van der Waals surface area contributed by atoms with Gasteiger partial charge in [-0.2, -0.15) is 0 Å². The molecule has 3 nitrogen and oxygen atoms in total. The van der Waals surface area contributed by atoms with Crippen molar-refractivity contribution in [2.24, 2.45) is 0 Å². The normalized spacial score (nSPS) is 21.3. The number of benzene rings is 1. The maximum absolute atomic E-state index is 11.2. The lowest BCUT2D eigenvalue weighted by atomic mass is 10.0. The smallest absolute Gasteiger partial charge is 0.221 e. The van der Waals surface area contributed by atoms with Crippen molar-refractivity contribution in [2.45, 2.75) is 31.8 Å². The molecule has 1 aromatic carbocycles. The van der Waals surface area contributed by atoms with Gasteiger partial charge in [0, 0.05) is 29.5 Å². The molecule has 2 unspecified atom stereocenters. The number of carbonyl (C=O) groups excluding carboxylic acids is 1. The maximum atomic E-state index is 11.2. The van der Waals surface area contributed by atoms with Crippen molar-refractivity contribution in [2.75, 3.05) is 6.54 Å². The highest BCUT2D eigenvalue weighted by Gasteiger charge is 2.23. The summed E-state index contributed by atoms with van der Waals surface area (Å²) in [6.45, 7) is 2.89. The highest BCUT2D eigenvalue weighted by Crippen LogP contribution is 2.21. The van der Waals surface area contributed by atoms with Crippen LogP contribution < -0.4 is 10.6 Å². The lowest BCUT2D eigenvalue weighted by Gasteiger charge is -2.21. The van der Waals surface area contributed by atoms with Gasteiger partial charge in [0.1, 0.15) is 0 Å². The monoisotopic (exact) mass is 296 g/mol. The van der Waals surface area contributed by atoms with E-state index in [1.807, 2.05) is 12.1 Å². The Morgan fingerprint density at radius 3 is 3.00 bits per heavy atom. The molecule has 1 saturated heterocycles. The summed E-state index contributed by atoms with van der Waals surface area (Å²) < 4.78 is 1.09. The minimum absolute atomic E-state index is 0.145. The third kappa shape index (κ3) is 3.30. The fraction of sp³-hybridized carbons (Fsp3) is 0.462. The van der Waals surface area contributed by atoms with Crippen LogP contribution in [0.5, 0.6) is 0 Å². The van der Waals surface area contributed by atoms with E-state index >= 15 is 0 Å². The number of rotatable bonds is 4. The summed E-state index contributed by atoms with van der Waals surface area (Å²) in [7, 11) is 0. The molecule has 4 heteroatoms. The molecule has 1 heterocycles. The van der Waals surface area contributed by atoms with Crippen molar-refractivity contribution in [3.8, 4) is 0 Å². The predicted molar refractivity (Wildman–Crippen MR) is 71.7 cm³/mol. The average molecular weight is 297 g/mol. The zero-order valence-electron chi connectivity index (χ0n) is 9.87. The Labute approximate surface area is 110 Å². The van der Waals surface area contributed by atoms with Gasteiger partial charge in [0.2, 0.25) is 5.91 Å². The number of hydrogen-bond acceptors (Lipinski definition) is 2. The molecule has 1 aliphatic rings. The van der Waals surface area contributed by atoms with Crippen LogP contribution in [0, 0.1) is 0 Å². The molecule has 2 rings (SSSR count). The molecular weight excluding hydrogens is 280 g/mol. The Balaban J connectivity index is 2.03. The highest BCUT2D eigenvalue weighted by molar-refractivity contribution is 9.10. The zero-order chi connectivity index (χ0) is 12.3. The Morgan fingerprint density at radius 2 is 2.41 bits per heavy atom. The fourth-order valence-electron chi connectivity index (χ4n) is 2.18. The topological polar surface area (TPSA) is 41.1 Å². The summed E-state index contributed by atoms with van der Waals surface area (Å²) >= 11 is 3.49. The molecule has 2 N–H and O–H groups in total. The Hall–Kier alpha value is -0.870. The van der Waals surface area contributed by atoms with E-state index < -0.39 is 0 Å². The molecule has 1 fully saturated rings. The van der Waals surface area contributed by atoms with Crippen LogP contribution in [0.1, 0.15) is 31.4 Å². The van der Waals surface area contributed by atoms with Gasteiger partial charge in [0.15, 0.2) is 0 Å². The summed E-state index contributed by atoms with van der Waals surface area (Å²) in [5.41, 5.74) is 1.27. The first-order chi connectivity index (χ1) is 8.19. The summed E-state index contributed by atoms with van der Waals surface area (Å²) in [6, 6.07) is 8.89. The zero-order valence-corrected chi connectivity index (χ0v) is 11.5. The third-order valence-electron chi connectivity index (χ3n) is 3.07. The summed E-state index contributed by atoms with van der Waals surface area (Å²) in [5, 5.41) is 6.39. The Bertz CT molecular complexity index is 408. The highest BCUT2D eigenvalue weighted by atomic mass is 79.9. The largest absolute Gasteiger partial charge is 0.354 e. The van der Waals surface area contributed by atoms with Gasteiger partial charge in [-0.05, 0) is 24.1 Å². The van der Waals surface area contributed by atoms with Crippen molar-refractivity contribution in [3.05, 3.63) is 34.3 Å². The summed E-state index contributed by atoms with van der Waals surface area (Å²) in [6.07, 6.45) is 1.60. The van der Waals surface area contributed by atoms with Crippen molar-refractivity contribution in [3.63, 3.8) is 0 Å². The van der Waals surface area contributed by atoms with E-state index in [1.54, 1.807) is 0 Å². The van der Waals surface area contributed by atoms with E-state index in [4.69, 9.17) is 0 Å². The quantitative estimate of drug-likeness (QED) is 0.896. The lowest BCUT2D eigenvalue weighted by molar-refractivity contribution is -0.119. The van der Waals surface area contributed by atoms with E-state index in [2.05, 4.69) is 45.6 Å². The van der Waals surface area contributed by atoms with Gasteiger partial charge in [-0.1, -0.05) is 35.0 Å².